The molecule has 0 aromatic carbocycles. The van der Waals surface area contributed by atoms with Gasteiger partial charge in [-0.15, -0.1) is 0 Å². The fraction of sp³-hybridized carbons (Fsp3) is 0.826. The van der Waals surface area contributed by atoms with Crippen LogP contribution in [0.5, 0.6) is 0 Å². The fourth-order valence-electron chi connectivity index (χ4n) is 6.64. The molecule has 0 heterocycles. The van der Waals surface area contributed by atoms with Crippen LogP contribution in [0.1, 0.15) is 58.3 Å². The molecule has 0 amide bonds. The Morgan fingerprint density at radius 3 is 2.44 bits per heavy atom. The highest BCUT2D eigenvalue weighted by Crippen LogP contribution is 2.62. The molecule has 0 radical (unpaired) electrons. The molecular weight excluding hydrogens is 352 g/mol. The van der Waals surface area contributed by atoms with E-state index in [2.05, 4.69) is 32.6 Å². The largest absolute Gasteiger partial charge is 0.547 e. The van der Waals surface area contributed by atoms with E-state index in [0.29, 0.717) is 0 Å². The van der Waals surface area contributed by atoms with Crippen molar-refractivity contribution in [3.05, 3.63) is 23.0 Å². The number of fused-ring (bicyclic) bond motifs is 4. The van der Waals surface area contributed by atoms with Crippen LogP contribution < -0.4 is 0 Å². The SMILES string of the molecule is COC1(OC)CCC2=C(CC[C@@H]3[C@@H]2CC[C@]2(C)C(O[Si](C)(C)C)=CC[C@@H]32)C1. The third-order valence-electron chi connectivity index (χ3n) is 8.05. The van der Waals surface area contributed by atoms with Gasteiger partial charge in [-0.25, -0.2) is 0 Å². The van der Waals surface area contributed by atoms with E-state index >= 15 is 0 Å². The summed E-state index contributed by atoms with van der Waals surface area (Å²) in [5.74, 6) is 3.36. The van der Waals surface area contributed by atoms with Crippen LogP contribution in [0, 0.1) is 23.2 Å². The Morgan fingerprint density at radius 2 is 1.78 bits per heavy atom. The summed E-state index contributed by atoms with van der Waals surface area (Å²) in [7, 11) is 2.06. The molecule has 0 bridgehead atoms. The first-order valence-corrected chi connectivity index (χ1v) is 14.3. The minimum absolute atomic E-state index is 0.275. The molecular formula is C23H38O3Si. The molecule has 1 fully saturated rings. The Labute approximate surface area is 166 Å². The third-order valence-corrected chi connectivity index (χ3v) is 8.88. The standard InChI is InChI=1S/C23H38O3Si/c1-22-13-11-18-17-12-14-23(24-2,25-3)15-16(17)7-8-19(18)20(22)9-10-21(22)26-27(4,5)6/h10,18-20H,7-9,11-15H2,1-6H3/t18-,19-,20+,22+/m1/s1. The molecule has 27 heavy (non-hydrogen) atoms. The maximum atomic E-state index is 6.57. The first kappa shape index (κ1) is 19.7. The van der Waals surface area contributed by atoms with Crippen LogP contribution >= 0.6 is 0 Å². The number of ether oxygens (including phenoxy) is 2. The maximum Gasteiger partial charge on any atom is 0.241 e. The van der Waals surface area contributed by atoms with Gasteiger partial charge in [0.1, 0.15) is 0 Å². The maximum absolute atomic E-state index is 6.57. The Hall–Kier alpha value is -0.583. The second-order valence-electron chi connectivity index (χ2n) is 10.5. The minimum atomic E-state index is -1.55. The molecule has 3 nitrogen and oxygen atoms in total. The summed E-state index contributed by atoms with van der Waals surface area (Å²) in [5.41, 5.74) is 3.70. The molecule has 0 saturated heterocycles. The van der Waals surface area contributed by atoms with Gasteiger partial charge in [-0.3, -0.25) is 0 Å². The van der Waals surface area contributed by atoms with Gasteiger partial charge in [-0.2, -0.15) is 0 Å². The van der Waals surface area contributed by atoms with Crippen LogP contribution in [0.2, 0.25) is 19.6 Å². The smallest absolute Gasteiger partial charge is 0.241 e. The highest BCUT2D eigenvalue weighted by atomic mass is 28.4. The van der Waals surface area contributed by atoms with Crippen molar-refractivity contribution in [1.82, 2.24) is 0 Å². The van der Waals surface area contributed by atoms with Gasteiger partial charge >= 0.3 is 0 Å². The number of allylic oxidation sites excluding steroid dienone is 3. The molecule has 4 heteroatoms. The van der Waals surface area contributed by atoms with Crippen LogP contribution in [-0.4, -0.2) is 28.3 Å². The molecule has 0 N–H and O–H groups in total. The van der Waals surface area contributed by atoms with E-state index in [9.17, 15) is 0 Å². The van der Waals surface area contributed by atoms with E-state index in [1.807, 2.05) is 0 Å². The van der Waals surface area contributed by atoms with E-state index in [1.165, 1.54) is 37.9 Å². The third kappa shape index (κ3) is 3.26. The van der Waals surface area contributed by atoms with Crippen molar-refractivity contribution in [2.24, 2.45) is 23.2 Å². The number of hydrogen-bond acceptors (Lipinski definition) is 3. The molecule has 0 aromatic rings. The lowest BCUT2D eigenvalue weighted by atomic mass is 9.54. The van der Waals surface area contributed by atoms with Crippen LogP contribution in [-0.2, 0) is 13.9 Å². The van der Waals surface area contributed by atoms with Crippen molar-refractivity contribution in [1.29, 1.82) is 0 Å². The quantitative estimate of drug-likeness (QED) is 0.333. The van der Waals surface area contributed by atoms with Gasteiger partial charge in [0.2, 0.25) is 8.32 Å². The van der Waals surface area contributed by atoms with Crippen molar-refractivity contribution < 1.29 is 13.9 Å². The Kier molecular flexibility index (Phi) is 4.92. The van der Waals surface area contributed by atoms with Crippen molar-refractivity contribution in [2.75, 3.05) is 14.2 Å². The molecule has 4 rings (SSSR count). The lowest BCUT2D eigenvalue weighted by Crippen LogP contribution is -2.46. The van der Waals surface area contributed by atoms with Crippen molar-refractivity contribution >= 4 is 8.32 Å². The zero-order valence-electron chi connectivity index (χ0n) is 18.2. The van der Waals surface area contributed by atoms with Gasteiger partial charge < -0.3 is 13.9 Å². The van der Waals surface area contributed by atoms with Gasteiger partial charge in [0, 0.05) is 32.5 Å². The summed E-state index contributed by atoms with van der Waals surface area (Å²) in [6.07, 6.45) is 12.0. The van der Waals surface area contributed by atoms with Gasteiger partial charge in [-0.1, -0.05) is 18.1 Å². The topological polar surface area (TPSA) is 27.7 Å². The molecule has 152 valence electrons. The zero-order chi connectivity index (χ0) is 19.4. The first-order valence-electron chi connectivity index (χ1n) is 10.9. The Balaban J connectivity index is 1.55. The minimum Gasteiger partial charge on any atom is -0.547 e. The van der Waals surface area contributed by atoms with Gasteiger partial charge in [-0.05, 0) is 82.0 Å². The van der Waals surface area contributed by atoms with Crippen LogP contribution in [0.3, 0.4) is 0 Å². The number of rotatable bonds is 4. The van der Waals surface area contributed by atoms with Gasteiger partial charge in [0.05, 0.1) is 5.76 Å². The molecule has 0 spiro atoms. The summed E-state index contributed by atoms with van der Waals surface area (Å²) in [5, 5.41) is 0. The summed E-state index contributed by atoms with van der Waals surface area (Å²) < 4.78 is 18.1. The lowest BCUT2D eigenvalue weighted by Gasteiger charge is -2.52. The summed E-state index contributed by atoms with van der Waals surface area (Å²) in [4.78, 5) is 0. The fourth-order valence-corrected chi connectivity index (χ4v) is 7.61. The van der Waals surface area contributed by atoms with E-state index in [4.69, 9.17) is 13.9 Å². The average molecular weight is 391 g/mol. The molecule has 4 aliphatic carbocycles. The average Bonchev–Trinajstić information content (AvgIpc) is 2.96. The normalized spacial score (nSPS) is 38.0. The molecule has 4 atom stereocenters. The van der Waals surface area contributed by atoms with Crippen LogP contribution in [0.15, 0.2) is 23.0 Å². The zero-order valence-corrected chi connectivity index (χ0v) is 19.2. The van der Waals surface area contributed by atoms with Crippen LogP contribution in [0.4, 0.5) is 0 Å². The predicted octanol–water partition coefficient (Wildman–Crippen LogP) is 6.04. The highest BCUT2D eigenvalue weighted by Gasteiger charge is 2.54. The summed E-state index contributed by atoms with van der Waals surface area (Å²) in [6, 6.07) is 0. The monoisotopic (exact) mass is 390 g/mol. The van der Waals surface area contributed by atoms with E-state index < -0.39 is 8.32 Å². The second kappa shape index (κ2) is 6.74. The van der Waals surface area contributed by atoms with E-state index in [-0.39, 0.29) is 11.2 Å². The number of hydrogen-bond donors (Lipinski definition) is 0. The highest BCUT2D eigenvalue weighted by molar-refractivity contribution is 6.70. The van der Waals surface area contributed by atoms with Gasteiger partial charge in [0.15, 0.2) is 5.79 Å². The van der Waals surface area contributed by atoms with Gasteiger partial charge in [0.25, 0.3) is 0 Å². The van der Waals surface area contributed by atoms with E-state index in [0.717, 1.165) is 37.0 Å². The van der Waals surface area contributed by atoms with Crippen LogP contribution in [0.25, 0.3) is 0 Å². The predicted molar refractivity (Wildman–Crippen MR) is 112 cm³/mol. The Morgan fingerprint density at radius 1 is 1.04 bits per heavy atom. The molecule has 1 saturated carbocycles. The summed E-state index contributed by atoms with van der Waals surface area (Å²) in [6.45, 7) is 9.44. The first-order chi connectivity index (χ1) is 12.7. The molecule has 0 aromatic heterocycles. The van der Waals surface area contributed by atoms with Crippen molar-refractivity contribution in [3.63, 3.8) is 0 Å². The number of methoxy groups -OCH3 is 2. The van der Waals surface area contributed by atoms with E-state index in [1.54, 1.807) is 25.4 Å². The van der Waals surface area contributed by atoms with Crippen molar-refractivity contribution in [3.8, 4) is 0 Å². The molecule has 4 aliphatic rings. The van der Waals surface area contributed by atoms with Crippen molar-refractivity contribution in [2.45, 2.75) is 83.7 Å². The summed E-state index contributed by atoms with van der Waals surface area (Å²) >= 11 is 0. The second-order valence-corrected chi connectivity index (χ2v) is 14.9. The lowest BCUT2D eigenvalue weighted by molar-refractivity contribution is -0.213. The Bertz CT molecular complexity index is 655. The molecule has 0 unspecified atom stereocenters. The molecule has 0 aliphatic heterocycles.